The maximum absolute atomic E-state index is 12.4. The zero-order chi connectivity index (χ0) is 24.3. The second kappa shape index (κ2) is 11.0. The molecule has 9 heteroatoms. The largest absolute Gasteiger partial charge is 0.469 e. The summed E-state index contributed by atoms with van der Waals surface area (Å²) >= 11 is 0. The first-order valence-corrected chi connectivity index (χ1v) is 15.8. The van der Waals surface area contributed by atoms with Crippen molar-refractivity contribution in [2.45, 2.75) is 139 Å². The zero-order valence-corrected chi connectivity index (χ0v) is 22.2. The SMILES string of the molecule is CC[Si](CC)(CC)O[C@H](C=O)[C@@H]1O[C@H]2CCC(CC(=O)OC)O[C@@H]2[C@@H]2OC3(CCCCC3)O[C@@H]21. The topological polar surface area (TPSA) is 89.5 Å². The number of carbonyl (C=O) groups excluding carboxylic acids is 2. The molecule has 194 valence electrons. The molecule has 3 aliphatic heterocycles. The number of fused-ring (bicyclic) bond motifs is 3. The van der Waals surface area contributed by atoms with Crippen LogP contribution in [0.25, 0.3) is 0 Å². The van der Waals surface area contributed by atoms with E-state index >= 15 is 0 Å². The minimum absolute atomic E-state index is 0.213. The molecule has 8 nitrogen and oxygen atoms in total. The van der Waals surface area contributed by atoms with Gasteiger partial charge >= 0.3 is 5.97 Å². The molecule has 4 aliphatic rings. The van der Waals surface area contributed by atoms with E-state index in [9.17, 15) is 9.59 Å². The third-order valence-corrected chi connectivity index (χ3v) is 13.1. The molecule has 0 aromatic heterocycles. The standard InChI is InChI=1S/C25H42O8Si/c1-5-34(6-2,7-3)33-19(16-26)22-24-23(31-25(32-24)13-9-8-10-14-25)21-18(30-22)12-11-17(29-21)15-20(27)28-4/h16-19,21-24H,5-15H2,1-4H3/t17?,18-,19+,21-,22-,23-,24+/m0/s1. The van der Waals surface area contributed by atoms with E-state index < -0.39 is 32.4 Å². The summed E-state index contributed by atoms with van der Waals surface area (Å²) in [5, 5.41) is 0. The van der Waals surface area contributed by atoms with E-state index in [0.29, 0.717) is 6.42 Å². The van der Waals surface area contributed by atoms with E-state index in [4.69, 9.17) is 28.1 Å². The molecule has 4 rings (SSSR count). The third-order valence-electron chi connectivity index (χ3n) is 8.51. The molecular weight excluding hydrogens is 456 g/mol. The van der Waals surface area contributed by atoms with Crippen molar-refractivity contribution in [3.05, 3.63) is 0 Å². The van der Waals surface area contributed by atoms with Gasteiger partial charge in [-0.2, -0.15) is 0 Å². The molecule has 0 aromatic rings. The normalized spacial score (nSPS) is 35.9. The molecule has 3 saturated heterocycles. The summed E-state index contributed by atoms with van der Waals surface area (Å²) in [7, 11) is -0.651. The Kier molecular flexibility index (Phi) is 8.52. The number of carbonyl (C=O) groups is 2. The minimum atomic E-state index is -2.04. The van der Waals surface area contributed by atoms with Crippen molar-refractivity contribution in [2.75, 3.05) is 7.11 Å². The van der Waals surface area contributed by atoms with Gasteiger partial charge < -0.3 is 32.9 Å². The van der Waals surface area contributed by atoms with Crippen LogP contribution in [0.3, 0.4) is 0 Å². The summed E-state index contributed by atoms with van der Waals surface area (Å²) in [5.41, 5.74) is 0. The van der Waals surface area contributed by atoms with Crippen molar-refractivity contribution >= 4 is 20.6 Å². The van der Waals surface area contributed by atoms with E-state index in [0.717, 1.165) is 56.5 Å². The van der Waals surface area contributed by atoms with Gasteiger partial charge in [0.1, 0.15) is 36.8 Å². The number of hydrogen-bond donors (Lipinski definition) is 0. The lowest BCUT2D eigenvalue weighted by molar-refractivity contribution is -0.250. The van der Waals surface area contributed by atoms with Crippen LogP contribution >= 0.6 is 0 Å². The maximum Gasteiger partial charge on any atom is 0.308 e. The molecule has 4 fully saturated rings. The Balaban J connectivity index is 1.59. The number of esters is 1. The zero-order valence-electron chi connectivity index (χ0n) is 21.2. The number of rotatable bonds is 9. The Labute approximate surface area is 204 Å². The summed E-state index contributed by atoms with van der Waals surface area (Å²) < 4.78 is 37.8. The molecule has 1 spiro atoms. The summed E-state index contributed by atoms with van der Waals surface area (Å²) in [6.07, 6.45) is 4.67. The highest BCUT2D eigenvalue weighted by Crippen LogP contribution is 2.48. The Morgan fingerprint density at radius 1 is 1.00 bits per heavy atom. The molecule has 0 amide bonds. The lowest BCUT2D eigenvalue weighted by Crippen LogP contribution is -2.63. The fourth-order valence-electron chi connectivity index (χ4n) is 6.24. The first-order valence-electron chi connectivity index (χ1n) is 13.3. The Bertz CT molecular complexity index is 699. The van der Waals surface area contributed by atoms with Crippen LogP contribution in [0.1, 0.15) is 72.1 Å². The van der Waals surface area contributed by atoms with Gasteiger partial charge in [-0.3, -0.25) is 4.79 Å². The van der Waals surface area contributed by atoms with E-state index in [-0.39, 0.29) is 36.8 Å². The van der Waals surface area contributed by atoms with Crippen LogP contribution in [0, 0.1) is 0 Å². The van der Waals surface area contributed by atoms with Crippen LogP contribution in [0.15, 0.2) is 0 Å². The number of ether oxygens (including phenoxy) is 5. The maximum atomic E-state index is 12.4. The van der Waals surface area contributed by atoms with Crippen LogP contribution in [0.4, 0.5) is 0 Å². The first kappa shape index (κ1) is 26.2. The molecule has 0 radical (unpaired) electrons. The molecule has 0 N–H and O–H groups in total. The van der Waals surface area contributed by atoms with Gasteiger partial charge in [-0.1, -0.05) is 27.2 Å². The van der Waals surface area contributed by atoms with Gasteiger partial charge in [0, 0.05) is 12.8 Å². The van der Waals surface area contributed by atoms with Crippen molar-refractivity contribution in [1.29, 1.82) is 0 Å². The van der Waals surface area contributed by atoms with Crippen LogP contribution in [-0.2, 0) is 37.7 Å². The fraction of sp³-hybridized carbons (Fsp3) is 0.920. The van der Waals surface area contributed by atoms with Crippen molar-refractivity contribution in [2.24, 2.45) is 0 Å². The quantitative estimate of drug-likeness (QED) is 0.269. The summed E-state index contributed by atoms with van der Waals surface area (Å²) in [5.74, 6) is -0.929. The van der Waals surface area contributed by atoms with Gasteiger partial charge in [-0.05, 0) is 43.8 Å². The summed E-state index contributed by atoms with van der Waals surface area (Å²) in [6.45, 7) is 6.47. The Morgan fingerprint density at radius 3 is 2.29 bits per heavy atom. The van der Waals surface area contributed by atoms with E-state index in [1.807, 2.05) is 0 Å². The third kappa shape index (κ3) is 5.15. The van der Waals surface area contributed by atoms with Gasteiger partial charge in [-0.15, -0.1) is 0 Å². The highest BCUT2D eigenvalue weighted by atomic mass is 28.4. The van der Waals surface area contributed by atoms with Crippen molar-refractivity contribution in [3.63, 3.8) is 0 Å². The van der Waals surface area contributed by atoms with Crippen molar-refractivity contribution in [3.8, 4) is 0 Å². The van der Waals surface area contributed by atoms with E-state index in [1.165, 1.54) is 13.5 Å². The summed E-state index contributed by atoms with van der Waals surface area (Å²) in [6, 6.07) is 2.87. The average Bonchev–Trinajstić information content (AvgIpc) is 3.24. The molecule has 3 heterocycles. The van der Waals surface area contributed by atoms with Crippen LogP contribution < -0.4 is 0 Å². The Morgan fingerprint density at radius 2 is 1.68 bits per heavy atom. The molecular formula is C25H42O8Si. The van der Waals surface area contributed by atoms with Crippen LogP contribution in [-0.4, -0.2) is 76.2 Å². The predicted octanol–water partition coefficient (Wildman–Crippen LogP) is 3.90. The number of methoxy groups -OCH3 is 1. The van der Waals surface area contributed by atoms with Crippen molar-refractivity contribution in [1.82, 2.24) is 0 Å². The second-order valence-corrected chi connectivity index (χ2v) is 15.0. The van der Waals surface area contributed by atoms with Gasteiger partial charge in [0.25, 0.3) is 0 Å². The molecule has 1 saturated carbocycles. The molecule has 34 heavy (non-hydrogen) atoms. The summed E-state index contributed by atoms with van der Waals surface area (Å²) in [4.78, 5) is 24.3. The smallest absolute Gasteiger partial charge is 0.308 e. The van der Waals surface area contributed by atoms with Gasteiger partial charge in [0.2, 0.25) is 0 Å². The van der Waals surface area contributed by atoms with Crippen LogP contribution in [0.5, 0.6) is 0 Å². The Hall–Kier alpha value is -0.843. The molecule has 0 bridgehead atoms. The highest BCUT2D eigenvalue weighted by Gasteiger charge is 2.61. The monoisotopic (exact) mass is 498 g/mol. The highest BCUT2D eigenvalue weighted by molar-refractivity contribution is 6.73. The van der Waals surface area contributed by atoms with Gasteiger partial charge in [0.05, 0.1) is 25.7 Å². The van der Waals surface area contributed by atoms with Crippen LogP contribution in [0.2, 0.25) is 18.1 Å². The molecule has 1 aliphatic carbocycles. The second-order valence-electron chi connectivity index (χ2n) is 10.3. The average molecular weight is 499 g/mol. The first-order chi connectivity index (χ1) is 16.4. The van der Waals surface area contributed by atoms with Crippen molar-refractivity contribution < 1.29 is 37.7 Å². The lowest BCUT2D eigenvalue weighted by Gasteiger charge is -2.48. The molecule has 7 atom stereocenters. The number of hydrogen-bond acceptors (Lipinski definition) is 8. The number of aldehydes is 1. The minimum Gasteiger partial charge on any atom is -0.469 e. The van der Waals surface area contributed by atoms with E-state index in [2.05, 4.69) is 20.8 Å². The van der Waals surface area contributed by atoms with E-state index in [1.54, 1.807) is 0 Å². The molecule has 0 aromatic carbocycles. The molecule has 1 unspecified atom stereocenters. The lowest BCUT2D eigenvalue weighted by atomic mass is 9.87. The fourth-order valence-corrected chi connectivity index (χ4v) is 9.01. The van der Waals surface area contributed by atoms with Gasteiger partial charge in [-0.25, -0.2) is 0 Å². The van der Waals surface area contributed by atoms with Gasteiger partial charge in [0.15, 0.2) is 14.1 Å². The predicted molar refractivity (Wildman–Crippen MR) is 127 cm³/mol.